The molecular formula is C11H17NO5. The zero-order chi connectivity index (χ0) is 12.5. The Labute approximate surface area is 99.1 Å². The third kappa shape index (κ3) is 5.94. The number of ether oxygens (including phenoxy) is 3. The van der Waals surface area contributed by atoms with Gasteiger partial charge in [0, 0.05) is 18.7 Å². The number of nitrogens with one attached hydrogen (secondary N) is 1. The number of aromatic hydroxyl groups is 1. The summed E-state index contributed by atoms with van der Waals surface area (Å²) in [4.78, 5) is 13.4. The second-order valence-corrected chi connectivity index (χ2v) is 3.22. The summed E-state index contributed by atoms with van der Waals surface area (Å²) in [6, 6.07) is 2.41. The highest BCUT2D eigenvalue weighted by Gasteiger charge is 1.98. The maximum atomic E-state index is 11.0. The van der Waals surface area contributed by atoms with E-state index in [4.69, 9.17) is 19.3 Å². The lowest BCUT2D eigenvalue weighted by Crippen LogP contribution is -2.13. The standard InChI is InChI=1S/C11H17NO5/c1-2-15-3-4-16-5-6-17-11-8-9(13)7-10(14)12-11/h7-8H,2-6H2,1H3,(H2,12,13,14). The van der Waals surface area contributed by atoms with Gasteiger partial charge in [-0.1, -0.05) is 0 Å². The highest BCUT2D eigenvalue weighted by Crippen LogP contribution is 2.11. The van der Waals surface area contributed by atoms with Gasteiger partial charge in [0.1, 0.15) is 12.4 Å². The lowest BCUT2D eigenvalue weighted by molar-refractivity contribution is 0.0398. The van der Waals surface area contributed by atoms with Crippen LogP contribution in [0.3, 0.4) is 0 Å². The Bertz CT molecular complexity index is 376. The van der Waals surface area contributed by atoms with Crippen LogP contribution in [0, 0.1) is 0 Å². The molecule has 0 saturated carbocycles. The van der Waals surface area contributed by atoms with Crippen LogP contribution in [0.2, 0.25) is 0 Å². The van der Waals surface area contributed by atoms with Gasteiger partial charge in [0.2, 0.25) is 0 Å². The van der Waals surface area contributed by atoms with Crippen LogP contribution >= 0.6 is 0 Å². The molecule has 6 nitrogen and oxygen atoms in total. The van der Waals surface area contributed by atoms with E-state index in [1.807, 2.05) is 6.92 Å². The minimum absolute atomic E-state index is 0.124. The van der Waals surface area contributed by atoms with E-state index < -0.39 is 5.56 Å². The van der Waals surface area contributed by atoms with E-state index >= 15 is 0 Å². The maximum Gasteiger partial charge on any atom is 0.254 e. The molecule has 1 aromatic rings. The fraction of sp³-hybridized carbons (Fsp3) is 0.545. The number of pyridine rings is 1. The van der Waals surface area contributed by atoms with Gasteiger partial charge in [0.05, 0.1) is 19.8 Å². The Balaban J connectivity index is 2.16. The van der Waals surface area contributed by atoms with Crippen molar-refractivity contribution < 1.29 is 19.3 Å². The highest BCUT2D eigenvalue weighted by atomic mass is 16.5. The zero-order valence-corrected chi connectivity index (χ0v) is 9.77. The van der Waals surface area contributed by atoms with E-state index in [1.54, 1.807) is 0 Å². The predicted molar refractivity (Wildman–Crippen MR) is 61.5 cm³/mol. The lowest BCUT2D eigenvalue weighted by atomic mass is 10.4. The van der Waals surface area contributed by atoms with Crippen molar-refractivity contribution >= 4 is 0 Å². The Morgan fingerprint density at radius 3 is 2.59 bits per heavy atom. The number of aromatic amines is 1. The van der Waals surface area contributed by atoms with Crippen LogP contribution in [0.5, 0.6) is 11.6 Å². The van der Waals surface area contributed by atoms with Crippen molar-refractivity contribution in [3.05, 3.63) is 22.5 Å². The number of hydrogen-bond acceptors (Lipinski definition) is 5. The van der Waals surface area contributed by atoms with Crippen LogP contribution < -0.4 is 10.3 Å². The number of hydrogen-bond donors (Lipinski definition) is 2. The van der Waals surface area contributed by atoms with E-state index in [-0.39, 0.29) is 11.6 Å². The van der Waals surface area contributed by atoms with Crippen LogP contribution in [0.1, 0.15) is 6.92 Å². The first kappa shape index (κ1) is 13.5. The quantitative estimate of drug-likeness (QED) is 0.650. The summed E-state index contributed by atoms with van der Waals surface area (Å²) in [5.74, 6) is 0.101. The Morgan fingerprint density at radius 2 is 1.88 bits per heavy atom. The molecule has 0 amide bonds. The fourth-order valence-corrected chi connectivity index (χ4v) is 1.16. The van der Waals surface area contributed by atoms with Crippen molar-refractivity contribution in [3.8, 4) is 11.6 Å². The number of H-pyrrole nitrogens is 1. The molecule has 0 atom stereocenters. The van der Waals surface area contributed by atoms with Crippen LogP contribution in [-0.2, 0) is 9.47 Å². The van der Waals surface area contributed by atoms with Crippen molar-refractivity contribution in [2.24, 2.45) is 0 Å². The third-order valence-electron chi connectivity index (χ3n) is 1.87. The molecule has 0 bridgehead atoms. The minimum Gasteiger partial charge on any atom is -0.508 e. The molecule has 1 heterocycles. The van der Waals surface area contributed by atoms with Gasteiger partial charge < -0.3 is 19.3 Å². The van der Waals surface area contributed by atoms with Crippen molar-refractivity contribution in [2.45, 2.75) is 6.92 Å². The molecule has 0 spiro atoms. The Hall–Kier alpha value is -1.53. The van der Waals surface area contributed by atoms with E-state index in [0.717, 1.165) is 6.07 Å². The first-order valence-electron chi connectivity index (χ1n) is 5.44. The van der Waals surface area contributed by atoms with Crippen LogP contribution in [0.25, 0.3) is 0 Å². The van der Waals surface area contributed by atoms with Gasteiger partial charge in [-0.15, -0.1) is 0 Å². The summed E-state index contributed by atoms with van der Waals surface area (Å²) in [5.41, 5.74) is -0.405. The largest absolute Gasteiger partial charge is 0.508 e. The molecule has 1 rings (SSSR count). The van der Waals surface area contributed by atoms with Crippen molar-refractivity contribution in [1.82, 2.24) is 4.98 Å². The Kier molecular flexibility index (Phi) is 6.13. The summed E-state index contributed by atoms with van der Waals surface area (Å²) in [5, 5.41) is 9.15. The highest BCUT2D eigenvalue weighted by molar-refractivity contribution is 5.24. The van der Waals surface area contributed by atoms with Crippen molar-refractivity contribution in [1.29, 1.82) is 0 Å². The molecule has 0 saturated heterocycles. The van der Waals surface area contributed by atoms with Gasteiger partial charge in [-0.3, -0.25) is 9.78 Å². The number of aromatic nitrogens is 1. The Morgan fingerprint density at radius 1 is 1.18 bits per heavy atom. The normalized spacial score (nSPS) is 10.4. The molecule has 1 aromatic heterocycles. The van der Waals surface area contributed by atoms with Crippen LogP contribution in [-0.4, -0.2) is 43.1 Å². The molecule has 0 aliphatic rings. The van der Waals surface area contributed by atoms with Crippen molar-refractivity contribution in [3.63, 3.8) is 0 Å². The molecule has 0 aromatic carbocycles. The molecule has 96 valence electrons. The first-order chi connectivity index (χ1) is 8.22. The second-order valence-electron chi connectivity index (χ2n) is 3.22. The molecular weight excluding hydrogens is 226 g/mol. The van der Waals surface area contributed by atoms with E-state index in [1.165, 1.54) is 6.07 Å². The smallest absolute Gasteiger partial charge is 0.254 e. The van der Waals surface area contributed by atoms with E-state index in [9.17, 15) is 4.79 Å². The van der Waals surface area contributed by atoms with E-state index in [0.29, 0.717) is 33.0 Å². The summed E-state index contributed by atoms with van der Waals surface area (Å²) in [6.45, 7) is 4.34. The molecule has 0 fully saturated rings. The molecule has 17 heavy (non-hydrogen) atoms. The third-order valence-corrected chi connectivity index (χ3v) is 1.87. The average Bonchev–Trinajstić information content (AvgIpc) is 2.26. The second kappa shape index (κ2) is 7.70. The maximum absolute atomic E-state index is 11.0. The zero-order valence-electron chi connectivity index (χ0n) is 9.77. The first-order valence-corrected chi connectivity index (χ1v) is 5.44. The monoisotopic (exact) mass is 243 g/mol. The van der Waals surface area contributed by atoms with Gasteiger partial charge in [0.25, 0.3) is 5.56 Å². The van der Waals surface area contributed by atoms with Gasteiger partial charge in [0.15, 0.2) is 5.88 Å². The minimum atomic E-state index is -0.405. The van der Waals surface area contributed by atoms with Crippen LogP contribution in [0.15, 0.2) is 16.9 Å². The summed E-state index contributed by atoms with van der Waals surface area (Å²) < 4.78 is 15.5. The van der Waals surface area contributed by atoms with Gasteiger partial charge in [-0.05, 0) is 6.92 Å². The molecule has 0 aliphatic carbocycles. The molecule has 0 aliphatic heterocycles. The van der Waals surface area contributed by atoms with Gasteiger partial charge in [-0.25, -0.2) is 0 Å². The molecule has 0 unspecified atom stereocenters. The number of rotatable bonds is 8. The molecule has 0 radical (unpaired) electrons. The average molecular weight is 243 g/mol. The summed E-state index contributed by atoms with van der Waals surface area (Å²) >= 11 is 0. The fourth-order valence-electron chi connectivity index (χ4n) is 1.16. The lowest BCUT2D eigenvalue weighted by Gasteiger charge is -2.07. The predicted octanol–water partition coefficient (Wildman–Crippen LogP) is 0.512. The SMILES string of the molecule is CCOCCOCCOc1cc(O)cc(=O)[nH]1. The molecule has 2 N–H and O–H groups in total. The summed E-state index contributed by atoms with van der Waals surface area (Å²) in [7, 11) is 0. The van der Waals surface area contributed by atoms with Gasteiger partial charge >= 0.3 is 0 Å². The summed E-state index contributed by atoms with van der Waals surface area (Å²) in [6.07, 6.45) is 0. The van der Waals surface area contributed by atoms with Crippen LogP contribution in [0.4, 0.5) is 0 Å². The molecule has 6 heteroatoms. The van der Waals surface area contributed by atoms with Gasteiger partial charge in [-0.2, -0.15) is 0 Å². The topological polar surface area (TPSA) is 80.8 Å². The van der Waals surface area contributed by atoms with E-state index in [2.05, 4.69) is 4.98 Å². The van der Waals surface area contributed by atoms with Crippen molar-refractivity contribution in [2.75, 3.05) is 33.0 Å².